The molecule has 1 saturated carbocycles. The van der Waals surface area contributed by atoms with Crippen LogP contribution in [0, 0.1) is 5.92 Å². The van der Waals surface area contributed by atoms with E-state index in [1.807, 2.05) is 0 Å². The van der Waals surface area contributed by atoms with E-state index in [9.17, 15) is 22.8 Å². The average molecular weight is 432 g/mol. The van der Waals surface area contributed by atoms with Crippen molar-refractivity contribution in [3.05, 3.63) is 17.8 Å². The van der Waals surface area contributed by atoms with Crippen LogP contribution in [0.5, 0.6) is 5.75 Å². The quantitative estimate of drug-likeness (QED) is 0.614. The lowest BCUT2D eigenvalue weighted by atomic mass is 9.85. The molecule has 2 amide bonds. The molecule has 0 radical (unpaired) electrons. The Morgan fingerprint density at radius 2 is 1.90 bits per heavy atom. The highest BCUT2D eigenvalue weighted by molar-refractivity contribution is 5.80. The summed E-state index contributed by atoms with van der Waals surface area (Å²) in [6.45, 7) is 5.24. The first-order valence-corrected chi connectivity index (χ1v) is 9.56. The van der Waals surface area contributed by atoms with Gasteiger partial charge in [-0.2, -0.15) is 13.2 Å². The summed E-state index contributed by atoms with van der Waals surface area (Å²) >= 11 is 0. The zero-order valence-corrected chi connectivity index (χ0v) is 17.4. The van der Waals surface area contributed by atoms with Crippen LogP contribution in [-0.4, -0.2) is 35.7 Å². The fraction of sp³-hybridized carbons (Fsp3) is 0.632. The molecule has 0 aromatic carbocycles. The van der Waals surface area contributed by atoms with Crippen molar-refractivity contribution >= 4 is 17.8 Å². The molecular weight excluding hydrogens is 405 g/mol. The first kappa shape index (κ1) is 23.6. The number of anilines is 1. The number of hydrazine groups is 1. The number of amides is 2. The van der Waals surface area contributed by atoms with Gasteiger partial charge in [0.1, 0.15) is 16.9 Å². The number of alkyl halides is 3. The van der Waals surface area contributed by atoms with E-state index in [1.165, 1.54) is 0 Å². The highest BCUT2D eigenvalue weighted by Gasteiger charge is 2.38. The summed E-state index contributed by atoms with van der Waals surface area (Å²) in [6, 6.07) is 0.828. The van der Waals surface area contributed by atoms with E-state index < -0.39 is 46.8 Å². The van der Waals surface area contributed by atoms with Crippen molar-refractivity contribution in [3.63, 3.8) is 0 Å². The van der Waals surface area contributed by atoms with Gasteiger partial charge in [0, 0.05) is 18.2 Å². The Balaban J connectivity index is 1.98. The molecule has 1 aromatic heterocycles. The van der Waals surface area contributed by atoms with Gasteiger partial charge in [-0.05, 0) is 46.1 Å². The third-order valence-corrected chi connectivity index (χ3v) is 4.49. The lowest BCUT2D eigenvalue weighted by Crippen LogP contribution is -2.45. The van der Waals surface area contributed by atoms with Crippen LogP contribution in [0.15, 0.2) is 12.3 Å². The van der Waals surface area contributed by atoms with Crippen LogP contribution in [0.25, 0.3) is 0 Å². The van der Waals surface area contributed by atoms with Crippen LogP contribution in [0.4, 0.5) is 23.8 Å². The number of ether oxygens (including phenoxy) is 2. The highest BCUT2D eigenvalue weighted by atomic mass is 19.4. The van der Waals surface area contributed by atoms with E-state index >= 15 is 0 Å². The monoisotopic (exact) mass is 432 g/mol. The van der Waals surface area contributed by atoms with Crippen molar-refractivity contribution in [1.29, 1.82) is 0 Å². The molecule has 168 valence electrons. The fourth-order valence-electron chi connectivity index (χ4n) is 3.24. The molecule has 1 fully saturated rings. The molecular formula is C19H27F3N4O4. The number of aromatic nitrogens is 1. The molecule has 1 aliphatic carbocycles. The van der Waals surface area contributed by atoms with Crippen LogP contribution in [0.3, 0.4) is 0 Å². The van der Waals surface area contributed by atoms with E-state index in [-0.39, 0.29) is 6.04 Å². The van der Waals surface area contributed by atoms with Gasteiger partial charge in [0.15, 0.2) is 5.82 Å². The maximum absolute atomic E-state index is 13.3. The number of nitrogens with one attached hydrogen (secondary N) is 3. The second-order valence-electron chi connectivity index (χ2n) is 8.06. The summed E-state index contributed by atoms with van der Waals surface area (Å²) < 4.78 is 50.0. The van der Waals surface area contributed by atoms with Crippen molar-refractivity contribution < 1.29 is 32.2 Å². The average Bonchev–Trinajstić information content (AvgIpc) is 2.63. The van der Waals surface area contributed by atoms with Gasteiger partial charge >= 0.3 is 12.3 Å². The number of alkyl carbamates (subject to hydrolysis) is 1. The van der Waals surface area contributed by atoms with Gasteiger partial charge in [-0.1, -0.05) is 6.42 Å². The number of carbonyl (C=O) groups excluding carboxylic acids is 2. The zero-order valence-electron chi connectivity index (χ0n) is 17.4. The summed E-state index contributed by atoms with van der Waals surface area (Å²) in [5.74, 6) is -1.93. The van der Waals surface area contributed by atoms with E-state index in [4.69, 9.17) is 9.47 Å². The summed E-state index contributed by atoms with van der Waals surface area (Å²) in [4.78, 5) is 28.1. The summed E-state index contributed by atoms with van der Waals surface area (Å²) in [6.07, 6.45) is -1.87. The van der Waals surface area contributed by atoms with E-state index in [2.05, 4.69) is 21.2 Å². The summed E-state index contributed by atoms with van der Waals surface area (Å²) in [5.41, 5.74) is 2.80. The third-order valence-electron chi connectivity index (χ3n) is 4.49. The van der Waals surface area contributed by atoms with Crippen LogP contribution in [0.2, 0.25) is 0 Å². The fourth-order valence-corrected chi connectivity index (χ4v) is 3.24. The Kier molecular flexibility index (Phi) is 7.38. The lowest BCUT2D eigenvalue weighted by molar-refractivity contribution is -0.138. The van der Waals surface area contributed by atoms with Gasteiger partial charge in [0.25, 0.3) is 0 Å². The van der Waals surface area contributed by atoms with Crippen molar-refractivity contribution in [2.24, 2.45) is 5.92 Å². The molecule has 2 atom stereocenters. The van der Waals surface area contributed by atoms with Gasteiger partial charge in [0.2, 0.25) is 5.91 Å². The molecule has 0 spiro atoms. The lowest BCUT2D eigenvalue weighted by Gasteiger charge is -2.30. The van der Waals surface area contributed by atoms with Crippen molar-refractivity contribution in [3.8, 4) is 5.75 Å². The molecule has 3 N–H and O–H groups in total. The predicted molar refractivity (Wildman–Crippen MR) is 103 cm³/mol. The predicted octanol–water partition coefficient (Wildman–Crippen LogP) is 3.64. The first-order valence-electron chi connectivity index (χ1n) is 9.56. The Bertz CT molecular complexity index is 765. The van der Waals surface area contributed by atoms with Crippen LogP contribution >= 0.6 is 0 Å². The van der Waals surface area contributed by atoms with Gasteiger partial charge in [0.05, 0.1) is 7.11 Å². The van der Waals surface area contributed by atoms with E-state index in [0.717, 1.165) is 19.4 Å². The van der Waals surface area contributed by atoms with Crippen molar-refractivity contribution in [2.75, 3.05) is 12.5 Å². The molecule has 0 unspecified atom stereocenters. The number of rotatable bonds is 5. The molecule has 30 heavy (non-hydrogen) atoms. The largest absolute Gasteiger partial charge is 0.496 e. The number of hydrogen-bond acceptors (Lipinski definition) is 6. The topological polar surface area (TPSA) is 102 Å². The minimum atomic E-state index is -4.72. The maximum atomic E-state index is 13.3. The number of carbonyl (C=O) groups is 2. The van der Waals surface area contributed by atoms with Crippen molar-refractivity contribution in [1.82, 2.24) is 15.7 Å². The Labute approximate surface area is 172 Å². The number of halogens is 3. The van der Waals surface area contributed by atoms with Gasteiger partial charge < -0.3 is 14.8 Å². The smallest absolute Gasteiger partial charge is 0.423 e. The molecule has 0 aliphatic heterocycles. The molecule has 1 aliphatic rings. The van der Waals surface area contributed by atoms with Crippen LogP contribution in [0.1, 0.15) is 52.0 Å². The van der Waals surface area contributed by atoms with E-state index in [0.29, 0.717) is 25.7 Å². The minimum Gasteiger partial charge on any atom is -0.496 e. The molecule has 2 rings (SSSR count). The van der Waals surface area contributed by atoms with Gasteiger partial charge in [-0.25, -0.2) is 9.78 Å². The standard InChI is InChI=1S/C19H27F3N4O4/c1-18(2,3)30-17(28)24-12-7-5-6-11(10-12)16(27)26-25-15-14(19(20,21)22)13(29-4)8-9-23-15/h8-9,11-12H,5-7,10H2,1-4H3,(H,23,25)(H,24,28)(H,26,27)/t11-,12+/m0/s1. The number of pyridine rings is 1. The number of methoxy groups -OCH3 is 1. The summed E-state index contributed by atoms with van der Waals surface area (Å²) in [5, 5.41) is 2.74. The number of hydrogen-bond donors (Lipinski definition) is 3. The highest BCUT2D eigenvalue weighted by Crippen LogP contribution is 2.39. The normalized spacial score (nSPS) is 19.6. The SMILES string of the molecule is COc1ccnc(NNC(=O)[C@H]2CCC[C@@H](NC(=O)OC(C)(C)C)C2)c1C(F)(F)F. The molecule has 1 aromatic rings. The molecule has 11 heteroatoms. The second-order valence-corrected chi connectivity index (χ2v) is 8.06. The van der Waals surface area contributed by atoms with Gasteiger partial charge in [-0.15, -0.1) is 0 Å². The Morgan fingerprint density at radius 1 is 1.20 bits per heavy atom. The summed E-state index contributed by atoms with van der Waals surface area (Å²) in [7, 11) is 1.12. The number of nitrogens with zero attached hydrogens (tertiary/aromatic N) is 1. The zero-order chi connectivity index (χ0) is 22.5. The van der Waals surface area contributed by atoms with Gasteiger partial charge in [-0.3, -0.25) is 15.6 Å². The third kappa shape index (κ3) is 6.67. The molecule has 0 bridgehead atoms. The molecule has 1 heterocycles. The second kappa shape index (κ2) is 9.40. The maximum Gasteiger partial charge on any atom is 0.423 e. The Hall–Kier alpha value is -2.72. The van der Waals surface area contributed by atoms with Crippen LogP contribution < -0.4 is 20.9 Å². The molecule has 8 nitrogen and oxygen atoms in total. The first-order chi connectivity index (χ1) is 13.9. The minimum absolute atomic E-state index is 0.259. The van der Waals surface area contributed by atoms with Crippen LogP contribution in [-0.2, 0) is 15.7 Å². The Morgan fingerprint density at radius 3 is 2.50 bits per heavy atom. The van der Waals surface area contributed by atoms with E-state index in [1.54, 1.807) is 20.8 Å². The van der Waals surface area contributed by atoms with Crippen molar-refractivity contribution in [2.45, 2.75) is 64.3 Å². The molecule has 0 saturated heterocycles.